The summed E-state index contributed by atoms with van der Waals surface area (Å²) in [5, 5.41) is 0. The van der Waals surface area contributed by atoms with E-state index in [9.17, 15) is 4.79 Å². The summed E-state index contributed by atoms with van der Waals surface area (Å²) in [5.74, 6) is 1.33. The summed E-state index contributed by atoms with van der Waals surface area (Å²) >= 11 is 0. The maximum atomic E-state index is 12.4. The zero-order valence-corrected chi connectivity index (χ0v) is 15.1. The molecule has 1 fully saturated rings. The molecule has 0 radical (unpaired) electrons. The molecule has 0 unspecified atom stereocenters. The Morgan fingerprint density at radius 1 is 1.04 bits per heavy atom. The Labute approximate surface area is 153 Å². The van der Waals surface area contributed by atoms with Gasteiger partial charge >= 0.3 is 0 Å². The number of rotatable bonds is 6. The Kier molecular flexibility index (Phi) is 5.92. The number of hydrogen-bond donors (Lipinski definition) is 0. The largest absolute Gasteiger partial charge is 0.497 e. The first-order valence-electron chi connectivity index (χ1n) is 8.58. The van der Waals surface area contributed by atoms with Crippen LogP contribution in [0.5, 0.6) is 11.5 Å². The molecule has 1 saturated heterocycles. The predicted octanol–water partition coefficient (Wildman–Crippen LogP) is 3.44. The van der Waals surface area contributed by atoms with E-state index >= 15 is 0 Å². The molecule has 26 heavy (non-hydrogen) atoms. The summed E-state index contributed by atoms with van der Waals surface area (Å²) in [6.45, 7) is 3.25. The summed E-state index contributed by atoms with van der Waals surface area (Å²) in [6.07, 6.45) is 3.32. The molecule has 0 spiro atoms. The number of ketones is 1. The number of carbonyl (C=O) groups excluding carboxylic acids is 1. The summed E-state index contributed by atoms with van der Waals surface area (Å²) in [7, 11) is 3.20. The molecule has 0 aliphatic carbocycles. The average Bonchev–Trinajstić information content (AvgIpc) is 2.72. The summed E-state index contributed by atoms with van der Waals surface area (Å²) in [4.78, 5) is 14.7. The number of carbonyl (C=O) groups is 1. The van der Waals surface area contributed by atoms with Crippen LogP contribution in [0.25, 0.3) is 6.08 Å². The molecule has 5 nitrogen and oxygen atoms in total. The Balaban J connectivity index is 1.70. The van der Waals surface area contributed by atoms with E-state index in [0.29, 0.717) is 17.1 Å². The minimum atomic E-state index is -0.0450. The van der Waals surface area contributed by atoms with Crippen LogP contribution in [0.1, 0.15) is 15.9 Å². The molecule has 2 aromatic rings. The maximum Gasteiger partial charge on any atom is 0.185 e. The molecule has 3 rings (SSSR count). The first-order valence-corrected chi connectivity index (χ1v) is 8.58. The lowest BCUT2D eigenvalue weighted by Crippen LogP contribution is -2.36. The van der Waals surface area contributed by atoms with E-state index < -0.39 is 0 Å². The van der Waals surface area contributed by atoms with Crippen molar-refractivity contribution in [1.82, 2.24) is 0 Å². The van der Waals surface area contributed by atoms with Crippen molar-refractivity contribution in [3.63, 3.8) is 0 Å². The number of allylic oxidation sites excluding steroid dienone is 1. The first kappa shape index (κ1) is 18.0. The number of morpholine rings is 1. The molecular formula is C21H23NO4. The van der Waals surface area contributed by atoms with E-state index in [1.54, 1.807) is 32.4 Å². The zero-order chi connectivity index (χ0) is 18.4. The highest BCUT2D eigenvalue weighted by atomic mass is 16.5. The van der Waals surface area contributed by atoms with Gasteiger partial charge in [-0.05, 0) is 48.6 Å². The molecule has 1 heterocycles. The third-order valence-electron chi connectivity index (χ3n) is 4.38. The Bertz CT molecular complexity index is 777. The lowest BCUT2D eigenvalue weighted by atomic mass is 10.1. The fourth-order valence-corrected chi connectivity index (χ4v) is 2.88. The Hall–Kier alpha value is -2.79. The molecule has 5 heteroatoms. The standard InChI is InChI=1S/C21H23NO4/c1-24-19-9-5-17(21(15-19)25-2)6-10-20(23)16-3-7-18(8-4-16)22-11-13-26-14-12-22/h3-10,15H,11-14H2,1-2H3. The van der Waals surface area contributed by atoms with Gasteiger partial charge in [-0.2, -0.15) is 0 Å². The minimum absolute atomic E-state index is 0.0450. The summed E-state index contributed by atoms with van der Waals surface area (Å²) < 4.78 is 15.9. The summed E-state index contributed by atoms with van der Waals surface area (Å²) in [5.41, 5.74) is 2.60. The predicted molar refractivity (Wildman–Crippen MR) is 102 cm³/mol. The number of hydrogen-bond acceptors (Lipinski definition) is 5. The quantitative estimate of drug-likeness (QED) is 0.588. The number of benzene rings is 2. The van der Waals surface area contributed by atoms with E-state index in [2.05, 4.69) is 4.90 Å². The van der Waals surface area contributed by atoms with Crippen LogP contribution in [0.15, 0.2) is 48.5 Å². The topological polar surface area (TPSA) is 48.0 Å². The third-order valence-corrected chi connectivity index (χ3v) is 4.38. The van der Waals surface area contributed by atoms with Crippen molar-refractivity contribution in [3.05, 3.63) is 59.7 Å². The van der Waals surface area contributed by atoms with Crippen molar-refractivity contribution in [2.75, 3.05) is 45.4 Å². The van der Waals surface area contributed by atoms with Gasteiger partial charge in [-0.15, -0.1) is 0 Å². The van der Waals surface area contributed by atoms with Crippen LogP contribution in [-0.4, -0.2) is 46.3 Å². The van der Waals surface area contributed by atoms with Crippen molar-refractivity contribution in [1.29, 1.82) is 0 Å². The Morgan fingerprint density at radius 3 is 2.42 bits per heavy atom. The molecule has 0 aromatic heterocycles. The molecule has 0 saturated carbocycles. The molecule has 136 valence electrons. The van der Waals surface area contributed by atoms with Gasteiger partial charge in [0.15, 0.2) is 5.78 Å². The highest BCUT2D eigenvalue weighted by Gasteiger charge is 2.11. The fraction of sp³-hybridized carbons (Fsp3) is 0.286. The third kappa shape index (κ3) is 4.24. The average molecular weight is 353 g/mol. The molecule has 0 atom stereocenters. The minimum Gasteiger partial charge on any atom is -0.497 e. The molecule has 1 aliphatic rings. The van der Waals surface area contributed by atoms with E-state index in [0.717, 1.165) is 37.6 Å². The number of anilines is 1. The maximum absolute atomic E-state index is 12.4. The Morgan fingerprint density at radius 2 is 1.77 bits per heavy atom. The van der Waals surface area contributed by atoms with Crippen LogP contribution >= 0.6 is 0 Å². The van der Waals surface area contributed by atoms with Crippen LogP contribution < -0.4 is 14.4 Å². The number of ether oxygens (including phenoxy) is 3. The molecule has 0 amide bonds. The second-order valence-electron chi connectivity index (χ2n) is 5.95. The van der Waals surface area contributed by atoms with Gasteiger partial charge in [0, 0.05) is 36.0 Å². The van der Waals surface area contributed by atoms with Gasteiger partial charge in [0.2, 0.25) is 0 Å². The van der Waals surface area contributed by atoms with Gasteiger partial charge in [-0.3, -0.25) is 4.79 Å². The fourth-order valence-electron chi connectivity index (χ4n) is 2.88. The van der Waals surface area contributed by atoms with Gasteiger partial charge in [-0.1, -0.05) is 0 Å². The SMILES string of the molecule is COc1ccc(C=CC(=O)c2ccc(N3CCOCC3)cc2)c(OC)c1. The molecule has 0 bridgehead atoms. The molecule has 1 aliphatic heterocycles. The van der Waals surface area contributed by atoms with Gasteiger partial charge in [0.25, 0.3) is 0 Å². The highest BCUT2D eigenvalue weighted by molar-refractivity contribution is 6.07. The highest BCUT2D eigenvalue weighted by Crippen LogP contribution is 2.26. The summed E-state index contributed by atoms with van der Waals surface area (Å²) in [6, 6.07) is 13.2. The lowest BCUT2D eigenvalue weighted by Gasteiger charge is -2.28. The van der Waals surface area contributed by atoms with Crippen molar-refractivity contribution in [2.45, 2.75) is 0 Å². The van der Waals surface area contributed by atoms with Gasteiger partial charge in [-0.25, -0.2) is 0 Å². The second kappa shape index (κ2) is 8.54. The van der Waals surface area contributed by atoms with Gasteiger partial charge < -0.3 is 19.1 Å². The monoisotopic (exact) mass is 353 g/mol. The van der Waals surface area contributed by atoms with Crippen LogP contribution in [-0.2, 0) is 4.74 Å². The zero-order valence-electron chi connectivity index (χ0n) is 15.1. The molecule has 0 N–H and O–H groups in total. The molecular weight excluding hydrogens is 330 g/mol. The second-order valence-corrected chi connectivity index (χ2v) is 5.95. The number of methoxy groups -OCH3 is 2. The van der Waals surface area contributed by atoms with Crippen molar-refractivity contribution in [3.8, 4) is 11.5 Å². The van der Waals surface area contributed by atoms with Crippen molar-refractivity contribution in [2.24, 2.45) is 0 Å². The van der Waals surface area contributed by atoms with E-state index in [1.165, 1.54) is 0 Å². The normalized spacial score (nSPS) is 14.5. The van der Waals surface area contributed by atoms with Crippen LogP contribution in [0.2, 0.25) is 0 Å². The number of nitrogens with zero attached hydrogens (tertiary/aromatic N) is 1. The first-order chi connectivity index (χ1) is 12.7. The van der Waals surface area contributed by atoms with Crippen LogP contribution in [0, 0.1) is 0 Å². The van der Waals surface area contributed by atoms with E-state index in [1.807, 2.05) is 36.4 Å². The van der Waals surface area contributed by atoms with Crippen molar-refractivity contribution >= 4 is 17.5 Å². The van der Waals surface area contributed by atoms with E-state index in [4.69, 9.17) is 14.2 Å². The van der Waals surface area contributed by atoms with Gasteiger partial charge in [0.1, 0.15) is 11.5 Å². The van der Waals surface area contributed by atoms with Crippen molar-refractivity contribution < 1.29 is 19.0 Å². The van der Waals surface area contributed by atoms with E-state index in [-0.39, 0.29) is 5.78 Å². The smallest absolute Gasteiger partial charge is 0.185 e. The van der Waals surface area contributed by atoms with Gasteiger partial charge in [0.05, 0.1) is 27.4 Å². The molecule has 2 aromatic carbocycles. The lowest BCUT2D eigenvalue weighted by molar-refractivity contribution is 0.104. The van der Waals surface area contributed by atoms with Crippen LogP contribution in [0.4, 0.5) is 5.69 Å². The van der Waals surface area contributed by atoms with Crippen LogP contribution in [0.3, 0.4) is 0 Å².